The molecule has 2 atom stereocenters. The lowest BCUT2D eigenvalue weighted by Gasteiger charge is -2.42. The van der Waals surface area contributed by atoms with Crippen LogP contribution in [0, 0.1) is 5.92 Å². The predicted octanol–water partition coefficient (Wildman–Crippen LogP) is 1.47. The predicted molar refractivity (Wildman–Crippen MR) is 80.2 cm³/mol. The Hall–Kier alpha value is -0.920. The molecule has 2 heterocycles. The van der Waals surface area contributed by atoms with Gasteiger partial charge in [-0.15, -0.1) is 0 Å². The summed E-state index contributed by atoms with van der Waals surface area (Å²) in [6.45, 7) is 1.15. The van der Waals surface area contributed by atoms with Gasteiger partial charge in [-0.1, -0.05) is 12.8 Å². The van der Waals surface area contributed by atoms with Crippen molar-refractivity contribution < 1.29 is 8.42 Å². The van der Waals surface area contributed by atoms with Gasteiger partial charge in [0.2, 0.25) is 0 Å². The molecule has 118 valence electrons. The fraction of sp³-hybridized carbons (Fsp3) is 0.786. The second-order valence-electron chi connectivity index (χ2n) is 6.12. The van der Waals surface area contributed by atoms with Gasteiger partial charge in [0, 0.05) is 24.7 Å². The van der Waals surface area contributed by atoms with Crippen molar-refractivity contribution in [3.8, 4) is 0 Å². The fourth-order valence-electron chi connectivity index (χ4n) is 3.83. The van der Waals surface area contributed by atoms with E-state index in [2.05, 4.69) is 15.5 Å². The first kappa shape index (κ1) is 15.0. The number of hydrogen-bond donors (Lipinski definition) is 2. The highest BCUT2D eigenvalue weighted by Gasteiger charge is 2.41. The van der Waals surface area contributed by atoms with Crippen molar-refractivity contribution in [1.29, 1.82) is 0 Å². The van der Waals surface area contributed by atoms with Gasteiger partial charge in [-0.3, -0.25) is 5.10 Å². The molecule has 1 aliphatic heterocycles. The first-order valence-corrected chi connectivity index (χ1v) is 9.27. The van der Waals surface area contributed by atoms with Crippen LogP contribution in [0.2, 0.25) is 0 Å². The van der Waals surface area contributed by atoms with Crippen molar-refractivity contribution in [2.75, 3.05) is 13.6 Å². The number of sulfonamides is 1. The summed E-state index contributed by atoms with van der Waals surface area (Å²) in [4.78, 5) is 0. The summed E-state index contributed by atoms with van der Waals surface area (Å²) in [5.74, 6) is 0.540. The Morgan fingerprint density at radius 1 is 1.33 bits per heavy atom. The Labute approximate surface area is 126 Å². The zero-order valence-corrected chi connectivity index (χ0v) is 13.3. The van der Waals surface area contributed by atoms with Crippen molar-refractivity contribution in [3.63, 3.8) is 0 Å². The van der Waals surface area contributed by atoms with Crippen molar-refractivity contribution >= 4 is 10.0 Å². The molecule has 1 saturated carbocycles. The smallest absolute Gasteiger partial charge is 0.260 e. The quantitative estimate of drug-likeness (QED) is 0.882. The topological polar surface area (TPSA) is 78.1 Å². The highest BCUT2D eigenvalue weighted by Crippen LogP contribution is 2.38. The Morgan fingerprint density at radius 3 is 2.90 bits per heavy atom. The fourth-order valence-corrected chi connectivity index (χ4v) is 5.70. The Kier molecular flexibility index (Phi) is 4.33. The molecule has 7 heteroatoms. The minimum Gasteiger partial charge on any atom is -0.316 e. The maximum absolute atomic E-state index is 13.0. The molecule has 21 heavy (non-hydrogen) atoms. The molecule has 1 saturated heterocycles. The lowest BCUT2D eigenvalue weighted by atomic mass is 9.79. The third kappa shape index (κ3) is 2.74. The second kappa shape index (κ2) is 6.06. The largest absolute Gasteiger partial charge is 0.316 e. The lowest BCUT2D eigenvalue weighted by Crippen LogP contribution is -2.49. The summed E-state index contributed by atoms with van der Waals surface area (Å²) in [5.41, 5.74) is 0.718. The third-order valence-electron chi connectivity index (χ3n) is 4.80. The van der Waals surface area contributed by atoms with E-state index in [0.29, 0.717) is 19.0 Å². The standard InChI is InChI=1S/C14H24N4O2S/c1-15-9-12-10-16-17-14(12)21(19,20)18-8-4-6-11-5-2-3-7-13(11)18/h10-11,13,15H,2-9H2,1H3,(H,16,17). The van der Waals surface area contributed by atoms with E-state index in [1.807, 2.05) is 7.05 Å². The van der Waals surface area contributed by atoms with Gasteiger partial charge >= 0.3 is 0 Å². The molecule has 1 aromatic rings. The zero-order chi connectivity index (χ0) is 14.9. The SMILES string of the molecule is CNCc1cn[nH]c1S(=O)(=O)N1CCCC2CCCCC21. The van der Waals surface area contributed by atoms with Gasteiger partial charge in [-0.2, -0.15) is 9.40 Å². The molecule has 2 N–H and O–H groups in total. The first-order valence-electron chi connectivity index (χ1n) is 7.83. The van der Waals surface area contributed by atoms with Crippen molar-refractivity contribution in [2.45, 2.75) is 56.1 Å². The number of aromatic nitrogens is 2. The van der Waals surface area contributed by atoms with Crippen molar-refractivity contribution in [2.24, 2.45) is 5.92 Å². The van der Waals surface area contributed by atoms with Crippen molar-refractivity contribution in [1.82, 2.24) is 19.8 Å². The minimum absolute atomic E-state index is 0.184. The van der Waals surface area contributed by atoms with Crippen LogP contribution >= 0.6 is 0 Å². The molecule has 2 unspecified atom stereocenters. The second-order valence-corrected chi connectivity index (χ2v) is 7.95. The van der Waals surface area contributed by atoms with Crippen LogP contribution in [0.4, 0.5) is 0 Å². The summed E-state index contributed by atoms with van der Waals surface area (Å²) in [6.07, 6.45) is 8.29. The highest BCUT2D eigenvalue weighted by molar-refractivity contribution is 7.89. The molecule has 0 amide bonds. The van der Waals surface area contributed by atoms with E-state index in [1.54, 1.807) is 10.5 Å². The van der Waals surface area contributed by atoms with E-state index >= 15 is 0 Å². The third-order valence-corrected chi connectivity index (χ3v) is 6.74. The average molecular weight is 312 g/mol. The average Bonchev–Trinajstić information content (AvgIpc) is 2.96. The summed E-state index contributed by atoms with van der Waals surface area (Å²) < 4.78 is 27.8. The molecule has 0 bridgehead atoms. The van der Waals surface area contributed by atoms with E-state index in [9.17, 15) is 8.42 Å². The molecule has 0 aromatic carbocycles. The van der Waals surface area contributed by atoms with E-state index in [1.165, 1.54) is 19.3 Å². The number of rotatable bonds is 4. The van der Waals surface area contributed by atoms with Crippen LogP contribution in [0.1, 0.15) is 44.1 Å². The summed E-state index contributed by atoms with van der Waals surface area (Å²) in [6, 6.07) is 0.184. The van der Waals surface area contributed by atoms with Crippen LogP contribution in [-0.4, -0.2) is 42.6 Å². The van der Waals surface area contributed by atoms with Gasteiger partial charge in [0.05, 0.1) is 6.20 Å². The molecule has 2 aliphatic rings. The zero-order valence-electron chi connectivity index (χ0n) is 12.5. The summed E-state index contributed by atoms with van der Waals surface area (Å²) in [5, 5.41) is 9.90. The summed E-state index contributed by atoms with van der Waals surface area (Å²) in [7, 11) is -1.66. The normalized spacial score (nSPS) is 27.5. The first-order chi connectivity index (χ1) is 10.1. The van der Waals surface area contributed by atoms with Crippen LogP contribution in [0.25, 0.3) is 0 Å². The van der Waals surface area contributed by atoms with Gasteiger partial charge in [-0.25, -0.2) is 8.42 Å². The van der Waals surface area contributed by atoms with E-state index in [0.717, 1.165) is 24.8 Å². The minimum atomic E-state index is -3.47. The number of H-pyrrole nitrogens is 1. The monoisotopic (exact) mass is 312 g/mol. The Bertz CT molecular complexity index is 582. The molecular weight excluding hydrogens is 288 g/mol. The Balaban J connectivity index is 1.91. The maximum Gasteiger partial charge on any atom is 0.260 e. The molecule has 3 rings (SSSR count). The van der Waals surface area contributed by atoms with Crippen LogP contribution in [0.15, 0.2) is 11.2 Å². The van der Waals surface area contributed by atoms with Crippen LogP contribution in [-0.2, 0) is 16.6 Å². The number of piperidine rings is 1. The highest BCUT2D eigenvalue weighted by atomic mass is 32.2. The van der Waals surface area contributed by atoms with Gasteiger partial charge in [0.1, 0.15) is 0 Å². The van der Waals surface area contributed by atoms with Crippen molar-refractivity contribution in [3.05, 3.63) is 11.8 Å². The number of fused-ring (bicyclic) bond motifs is 1. The van der Waals surface area contributed by atoms with Gasteiger partial charge in [0.15, 0.2) is 5.03 Å². The van der Waals surface area contributed by atoms with E-state index < -0.39 is 10.0 Å². The van der Waals surface area contributed by atoms with Gasteiger partial charge in [-0.05, 0) is 38.6 Å². The molecule has 2 fully saturated rings. The molecule has 1 aromatic heterocycles. The van der Waals surface area contributed by atoms with E-state index in [4.69, 9.17) is 0 Å². The Morgan fingerprint density at radius 2 is 2.10 bits per heavy atom. The number of nitrogens with one attached hydrogen (secondary N) is 2. The number of aromatic amines is 1. The van der Waals surface area contributed by atoms with Gasteiger partial charge < -0.3 is 5.32 Å². The number of hydrogen-bond acceptors (Lipinski definition) is 4. The molecule has 0 spiro atoms. The van der Waals surface area contributed by atoms with E-state index in [-0.39, 0.29) is 11.1 Å². The lowest BCUT2D eigenvalue weighted by molar-refractivity contribution is 0.128. The molecule has 6 nitrogen and oxygen atoms in total. The van der Waals surface area contributed by atoms with Crippen LogP contribution < -0.4 is 5.32 Å². The van der Waals surface area contributed by atoms with Crippen LogP contribution in [0.3, 0.4) is 0 Å². The molecule has 1 aliphatic carbocycles. The maximum atomic E-state index is 13.0. The number of nitrogens with zero attached hydrogens (tertiary/aromatic N) is 2. The molecular formula is C14H24N4O2S. The summed E-state index contributed by atoms with van der Waals surface area (Å²) >= 11 is 0. The molecule has 0 radical (unpaired) electrons. The van der Waals surface area contributed by atoms with Gasteiger partial charge in [0.25, 0.3) is 10.0 Å². The van der Waals surface area contributed by atoms with Crippen LogP contribution in [0.5, 0.6) is 0 Å².